The van der Waals surface area contributed by atoms with E-state index in [4.69, 9.17) is 16.3 Å². The molecule has 6 heteroatoms. The molecule has 2 rings (SSSR count). The van der Waals surface area contributed by atoms with Gasteiger partial charge in [0.15, 0.2) is 0 Å². The number of hydrogen-bond donors (Lipinski definition) is 4. The van der Waals surface area contributed by atoms with Gasteiger partial charge in [0.1, 0.15) is 5.75 Å². The molecule has 1 aromatic rings. The van der Waals surface area contributed by atoms with Crippen molar-refractivity contribution in [1.29, 1.82) is 0 Å². The Balaban J connectivity index is 2.16. The van der Waals surface area contributed by atoms with Crippen LogP contribution >= 0.6 is 11.6 Å². The number of aliphatic hydroxyl groups excluding tert-OH is 3. The highest BCUT2D eigenvalue weighted by atomic mass is 35.5. The number of ether oxygens (including phenoxy) is 1. The van der Waals surface area contributed by atoms with E-state index in [-0.39, 0.29) is 19.8 Å². The second-order valence-corrected chi connectivity index (χ2v) is 5.20. The van der Waals surface area contributed by atoms with Gasteiger partial charge in [0.2, 0.25) is 0 Å². The zero-order valence-electron chi connectivity index (χ0n) is 10.5. The number of aliphatic hydroxyl groups is 3. The zero-order valence-corrected chi connectivity index (χ0v) is 11.3. The van der Waals surface area contributed by atoms with Gasteiger partial charge >= 0.3 is 0 Å². The highest BCUT2D eigenvalue weighted by Crippen LogP contribution is 2.32. The Morgan fingerprint density at radius 3 is 2.53 bits per heavy atom. The molecule has 0 fully saturated rings. The second kappa shape index (κ2) is 6.07. The molecule has 4 N–H and O–H groups in total. The Morgan fingerprint density at radius 1 is 1.21 bits per heavy atom. The Morgan fingerprint density at radius 2 is 1.89 bits per heavy atom. The minimum atomic E-state index is -1.10. The van der Waals surface area contributed by atoms with Gasteiger partial charge in [-0.1, -0.05) is 11.6 Å². The van der Waals surface area contributed by atoms with E-state index >= 15 is 0 Å². The van der Waals surface area contributed by atoms with Crippen LogP contribution in [0.4, 0.5) is 0 Å². The maximum Gasteiger partial charge on any atom is 0.127 e. The molecule has 0 radical (unpaired) electrons. The molecule has 0 saturated carbocycles. The summed E-state index contributed by atoms with van der Waals surface area (Å²) in [6.45, 7) is -0.0881. The van der Waals surface area contributed by atoms with Crippen molar-refractivity contribution in [3.63, 3.8) is 0 Å². The Bertz CT molecular complexity index is 440. The first-order chi connectivity index (χ1) is 9.14. The molecule has 0 aliphatic carbocycles. The molecule has 106 valence electrons. The molecule has 1 heterocycles. The van der Waals surface area contributed by atoms with Gasteiger partial charge in [-0.05, 0) is 17.7 Å². The van der Waals surface area contributed by atoms with Crippen LogP contribution in [-0.2, 0) is 13.0 Å². The lowest BCUT2D eigenvalue weighted by molar-refractivity contribution is 0.0412. The summed E-state index contributed by atoms with van der Waals surface area (Å²) in [6.07, 6.45) is 0.827. The Kier molecular flexibility index (Phi) is 4.65. The molecule has 0 bridgehead atoms. The third kappa shape index (κ3) is 3.01. The molecule has 5 nitrogen and oxygen atoms in total. The van der Waals surface area contributed by atoms with Crippen molar-refractivity contribution in [2.24, 2.45) is 0 Å². The first kappa shape index (κ1) is 14.6. The minimum Gasteiger partial charge on any atom is -0.493 e. The van der Waals surface area contributed by atoms with E-state index in [0.29, 0.717) is 18.2 Å². The summed E-state index contributed by atoms with van der Waals surface area (Å²) >= 11 is 6.05. The summed E-state index contributed by atoms with van der Waals surface area (Å²) in [5.74, 6) is 0.805. The van der Waals surface area contributed by atoms with E-state index in [0.717, 1.165) is 23.3 Å². The van der Waals surface area contributed by atoms with Crippen molar-refractivity contribution in [1.82, 2.24) is 5.32 Å². The molecule has 0 spiro atoms. The molecule has 0 atom stereocenters. The number of benzene rings is 1. The highest BCUT2D eigenvalue weighted by Gasteiger charge is 2.28. The number of rotatable bonds is 6. The molecule has 19 heavy (non-hydrogen) atoms. The minimum absolute atomic E-state index is 0.352. The summed E-state index contributed by atoms with van der Waals surface area (Å²) in [5, 5.41) is 31.4. The van der Waals surface area contributed by atoms with Crippen LogP contribution in [0.25, 0.3) is 0 Å². The van der Waals surface area contributed by atoms with Crippen LogP contribution in [0.15, 0.2) is 12.1 Å². The molecule has 1 aromatic carbocycles. The first-order valence-electron chi connectivity index (χ1n) is 6.16. The van der Waals surface area contributed by atoms with E-state index in [1.54, 1.807) is 6.07 Å². The standard InChI is InChI=1S/C13H18ClNO4/c14-11-3-9-1-2-19-12(9)10(4-11)5-15-13(6-16,7-17)8-18/h3-4,15-18H,1-2,5-8H2. The molecule has 0 unspecified atom stereocenters. The predicted molar refractivity (Wildman–Crippen MR) is 71.5 cm³/mol. The van der Waals surface area contributed by atoms with E-state index in [1.807, 2.05) is 6.07 Å². The molecular weight excluding hydrogens is 270 g/mol. The van der Waals surface area contributed by atoms with E-state index in [1.165, 1.54) is 0 Å². The number of fused-ring (bicyclic) bond motifs is 1. The average Bonchev–Trinajstić information content (AvgIpc) is 2.88. The lowest BCUT2D eigenvalue weighted by atomic mass is 10.0. The van der Waals surface area contributed by atoms with Crippen LogP contribution in [-0.4, -0.2) is 47.3 Å². The summed E-state index contributed by atoms with van der Waals surface area (Å²) < 4.78 is 5.56. The van der Waals surface area contributed by atoms with Gasteiger partial charge in [-0.15, -0.1) is 0 Å². The molecule has 1 aliphatic heterocycles. The van der Waals surface area contributed by atoms with Crippen LogP contribution in [0.3, 0.4) is 0 Å². The summed E-state index contributed by atoms with van der Waals surface area (Å²) in [7, 11) is 0. The SMILES string of the molecule is OCC(CO)(CO)NCc1cc(Cl)cc2c1OCC2. The second-order valence-electron chi connectivity index (χ2n) is 4.76. The van der Waals surface area contributed by atoms with E-state index in [2.05, 4.69) is 5.32 Å². The van der Waals surface area contributed by atoms with Crippen molar-refractivity contribution >= 4 is 11.6 Å². The van der Waals surface area contributed by atoms with Crippen LogP contribution < -0.4 is 10.1 Å². The van der Waals surface area contributed by atoms with Gasteiger partial charge in [-0.2, -0.15) is 0 Å². The first-order valence-corrected chi connectivity index (χ1v) is 6.53. The quantitative estimate of drug-likeness (QED) is 0.596. The van der Waals surface area contributed by atoms with Crippen LogP contribution in [0.2, 0.25) is 5.02 Å². The summed E-state index contributed by atoms with van der Waals surface area (Å²) in [5.41, 5.74) is 0.819. The number of hydrogen-bond acceptors (Lipinski definition) is 5. The molecule has 1 aliphatic rings. The van der Waals surface area contributed by atoms with E-state index < -0.39 is 5.54 Å². The third-order valence-electron chi connectivity index (χ3n) is 3.39. The lowest BCUT2D eigenvalue weighted by Gasteiger charge is -2.29. The summed E-state index contributed by atoms with van der Waals surface area (Å²) in [4.78, 5) is 0. The fourth-order valence-electron chi connectivity index (χ4n) is 2.08. The topological polar surface area (TPSA) is 82.0 Å². The molecule has 0 aromatic heterocycles. The molecule has 0 saturated heterocycles. The van der Waals surface area contributed by atoms with E-state index in [9.17, 15) is 15.3 Å². The van der Waals surface area contributed by atoms with Gasteiger partial charge in [0.05, 0.1) is 32.0 Å². The molecule has 0 amide bonds. The summed E-state index contributed by atoms with van der Waals surface area (Å²) in [6, 6.07) is 3.67. The maximum absolute atomic E-state index is 9.26. The smallest absolute Gasteiger partial charge is 0.127 e. The van der Waals surface area contributed by atoms with Gasteiger partial charge in [-0.25, -0.2) is 0 Å². The maximum atomic E-state index is 9.26. The number of nitrogens with one attached hydrogen (secondary N) is 1. The van der Waals surface area contributed by atoms with Gasteiger partial charge in [0.25, 0.3) is 0 Å². The van der Waals surface area contributed by atoms with Crippen LogP contribution in [0.1, 0.15) is 11.1 Å². The largest absolute Gasteiger partial charge is 0.493 e. The van der Waals surface area contributed by atoms with Crippen molar-refractivity contribution in [2.45, 2.75) is 18.5 Å². The fourth-order valence-corrected chi connectivity index (χ4v) is 2.34. The third-order valence-corrected chi connectivity index (χ3v) is 3.61. The Hall–Kier alpha value is -0.850. The van der Waals surface area contributed by atoms with Gasteiger partial charge < -0.3 is 25.4 Å². The predicted octanol–water partition coefficient (Wildman–Crippen LogP) is 0.0802. The zero-order chi connectivity index (χ0) is 13.9. The fraction of sp³-hybridized carbons (Fsp3) is 0.538. The molecular formula is C13H18ClNO4. The lowest BCUT2D eigenvalue weighted by Crippen LogP contribution is -2.54. The Labute approximate surface area is 116 Å². The van der Waals surface area contributed by atoms with Crippen molar-refractivity contribution in [2.75, 3.05) is 26.4 Å². The van der Waals surface area contributed by atoms with Crippen molar-refractivity contribution < 1.29 is 20.1 Å². The van der Waals surface area contributed by atoms with Gasteiger partial charge in [-0.3, -0.25) is 0 Å². The average molecular weight is 288 g/mol. The van der Waals surface area contributed by atoms with Gasteiger partial charge in [0, 0.05) is 23.6 Å². The monoisotopic (exact) mass is 287 g/mol. The number of halogens is 1. The van der Waals surface area contributed by atoms with Crippen molar-refractivity contribution in [3.8, 4) is 5.75 Å². The van der Waals surface area contributed by atoms with Crippen LogP contribution in [0.5, 0.6) is 5.75 Å². The van der Waals surface area contributed by atoms with Crippen LogP contribution in [0, 0.1) is 0 Å². The normalized spacial score (nSPS) is 14.3. The van der Waals surface area contributed by atoms with Crippen molar-refractivity contribution in [3.05, 3.63) is 28.3 Å². The highest BCUT2D eigenvalue weighted by molar-refractivity contribution is 6.30.